The number of unbranched alkanes of at least 4 members (excludes halogenated alkanes) is 1. The first-order valence-electron chi connectivity index (χ1n) is 6.64. The van der Waals surface area contributed by atoms with Gasteiger partial charge in [-0.05, 0) is 46.1 Å². The van der Waals surface area contributed by atoms with Gasteiger partial charge >= 0.3 is 0 Å². The van der Waals surface area contributed by atoms with E-state index < -0.39 is 0 Å². The molecule has 0 spiro atoms. The van der Waals surface area contributed by atoms with Gasteiger partial charge in [-0.3, -0.25) is 14.6 Å². The third kappa shape index (κ3) is 4.96. The van der Waals surface area contributed by atoms with Crippen LogP contribution in [0.3, 0.4) is 0 Å². The lowest BCUT2D eigenvalue weighted by Gasteiger charge is -2.12. The van der Waals surface area contributed by atoms with Crippen LogP contribution in [0.5, 0.6) is 0 Å². The Morgan fingerprint density at radius 2 is 2.17 bits per heavy atom. The highest BCUT2D eigenvalue weighted by molar-refractivity contribution is 6.39. The number of Topliss-reactive ketones (excluding diaryl/α,β-unsaturated/α-hetero) is 1. The van der Waals surface area contributed by atoms with E-state index in [4.69, 9.17) is 0 Å². The third-order valence-corrected chi connectivity index (χ3v) is 3.18. The highest BCUT2D eigenvalue weighted by atomic mass is 16.2. The summed E-state index contributed by atoms with van der Waals surface area (Å²) in [6.07, 6.45) is 4.44. The molecule has 5 heteroatoms. The Morgan fingerprint density at radius 3 is 2.72 bits per heavy atom. The van der Waals surface area contributed by atoms with Crippen molar-refractivity contribution in [1.29, 1.82) is 0 Å². The topological polar surface area (TPSA) is 70.6 Å². The van der Waals surface area contributed by atoms with Gasteiger partial charge in [0.25, 0.3) is 5.91 Å². The van der Waals surface area contributed by atoms with Crippen LogP contribution in [0.4, 0.5) is 0 Å². The fourth-order valence-electron chi connectivity index (χ4n) is 2.05. The second-order valence-corrected chi connectivity index (χ2v) is 4.64. The molecule has 0 aromatic rings. The summed E-state index contributed by atoms with van der Waals surface area (Å²) in [5.41, 5.74) is 0.687. The van der Waals surface area contributed by atoms with Gasteiger partial charge in [0.15, 0.2) is 0 Å². The van der Waals surface area contributed by atoms with Crippen LogP contribution >= 0.6 is 0 Å². The fraction of sp³-hybridized carbons (Fsp3) is 0.769. The zero-order valence-corrected chi connectivity index (χ0v) is 11.3. The number of hydrogen-bond acceptors (Lipinski definition) is 4. The van der Waals surface area contributed by atoms with Crippen molar-refractivity contribution < 1.29 is 9.59 Å². The number of rotatable bonds is 8. The van der Waals surface area contributed by atoms with Crippen LogP contribution in [-0.4, -0.2) is 43.6 Å². The van der Waals surface area contributed by atoms with Gasteiger partial charge in [0.2, 0.25) is 0 Å². The Balaban J connectivity index is 2.08. The summed E-state index contributed by atoms with van der Waals surface area (Å²) in [5.74, 6) is 0.145. The number of aliphatic imine (C=N–C) groups is 1. The van der Waals surface area contributed by atoms with Crippen LogP contribution in [0.25, 0.3) is 0 Å². The minimum absolute atomic E-state index is 0.0239. The molecule has 0 aromatic heterocycles. The first kappa shape index (κ1) is 14.8. The third-order valence-electron chi connectivity index (χ3n) is 3.18. The molecule has 0 bridgehead atoms. The Hall–Kier alpha value is -1.23. The number of carbonyl (C=O) groups is 2. The molecule has 5 nitrogen and oxygen atoms in total. The SMILES string of the molecule is CNC(CCCCNC(=O)C1=NCCC1)C(C)=O. The first-order valence-corrected chi connectivity index (χ1v) is 6.64. The zero-order chi connectivity index (χ0) is 13.4. The normalized spacial score (nSPS) is 16.2. The molecule has 0 saturated heterocycles. The van der Waals surface area contributed by atoms with E-state index in [1.54, 1.807) is 14.0 Å². The van der Waals surface area contributed by atoms with E-state index in [0.29, 0.717) is 12.3 Å². The Morgan fingerprint density at radius 1 is 1.39 bits per heavy atom. The number of nitrogens with zero attached hydrogens (tertiary/aromatic N) is 1. The highest BCUT2D eigenvalue weighted by Gasteiger charge is 2.14. The second kappa shape index (κ2) is 7.97. The largest absolute Gasteiger partial charge is 0.351 e. The number of hydrogen-bond donors (Lipinski definition) is 2. The summed E-state index contributed by atoms with van der Waals surface area (Å²) in [6.45, 7) is 3.04. The average molecular weight is 253 g/mol. The van der Waals surface area contributed by atoms with Gasteiger partial charge in [0.1, 0.15) is 5.78 Å². The maximum Gasteiger partial charge on any atom is 0.265 e. The number of nitrogens with one attached hydrogen (secondary N) is 2. The van der Waals surface area contributed by atoms with Crippen molar-refractivity contribution in [2.75, 3.05) is 20.1 Å². The fourth-order valence-corrected chi connectivity index (χ4v) is 2.05. The van der Waals surface area contributed by atoms with Crippen molar-refractivity contribution >= 4 is 17.4 Å². The van der Waals surface area contributed by atoms with E-state index >= 15 is 0 Å². The molecule has 0 saturated carbocycles. The van der Waals surface area contributed by atoms with Crippen LogP contribution in [0.2, 0.25) is 0 Å². The molecule has 2 N–H and O–H groups in total. The van der Waals surface area contributed by atoms with Gasteiger partial charge in [-0.2, -0.15) is 0 Å². The Bertz CT molecular complexity index is 326. The van der Waals surface area contributed by atoms with Crippen molar-refractivity contribution in [2.45, 2.75) is 45.1 Å². The van der Waals surface area contributed by atoms with Crippen LogP contribution in [0, 0.1) is 0 Å². The molecule has 0 aliphatic carbocycles. The van der Waals surface area contributed by atoms with Gasteiger partial charge in [-0.25, -0.2) is 0 Å². The Labute approximate surface area is 108 Å². The average Bonchev–Trinajstić information content (AvgIpc) is 2.86. The molecule has 1 aliphatic rings. The summed E-state index contributed by atoms with van der Waals surface area (Å²) in [4.78, 5) is 26.9. The molecule has 1 aliphatic heterocycles. The molecule has 0 fully saturated rings. The lowest BCUT2D eigenvalue weighted by molar-refractivity contribution is -0.119. The summed E-state index contributed by atoms with van der Waals surface area (Å²) < 4.78 is 0. The van der Waals surface area contributed by atoms with Crippen molar-refractivity contribution in [3.8, 4) is 0 Å². The number of carbonyl (C=O) groups excluding carboxylic acids is 2. The van der Waals surface area contributed by atoms with Gasteiger partial charge in [-0.15, -0.1) is 0 Å². The predicted octanol–water partition coefficient (Wildman–Crippen LogP) is 0.685. The molecular formula is C13H23N3O2. The molecule has 0 radical (unpaired) electrons. The van der Waals surface area contributed by atoms with E-state index in [2.05, 4.69) is 15.6 Å². The van der Waals surface area contributed by atoms with Crippen LogP contribution in [0.15, 0.2) is 4.99 Å². The monoisotopic (exact) mass is 253 g/mol. The van der Waals surface area contributed by atoms with Crippen molar-refractivity contribution in [3.63, 3.8) is 0 Å². The van der Waals surface area contributed by atoms with Crippen LogP contribution in [-0.2, 0) is 9.59 Å². The quantitative estimate of drug-likeness (QED) is 0.625. The maximum atomic E-state index is 11.6. The number of amides is 1. The zero-order valence-electron chi connectivity index (χ0n) is 11.3. The predicted molar refractivity (Wildman–Crippen MR) is 71.9 cm³/mol. The van der Waals surface area contributed by atoms with Crippen molar-refractivity contribution in [2.24, 2.45) is 4.99 Å². The molecule has 0 aromatic carbocycles. The minimum atomic E-state index is -0.0556. The summed E-state index contributed by atoms with van der Waals surface area (Å²) >= 11 is 0. The van der Waals surface area contributed by atoms with E-state index in [0.717, 1.165) is 38.6 Å². The summed E-state index contributed by atoms with van der Waals surface area (Å²) in [7, 11) is 1.80. The van der Waals surface area contributed by atoms with Crippen LogP contribution < -0.4 is 10.6 Å². The van der Waals surface area contributed by atoms with Crippen LogP contribution in [0.1, 0.15) is 39.0 Å². The summed E-state index contributed by atoms with van der Waals surface area (Å²) in [5, 5.41) is 5.86. The molecule has 18 heavy (non-hydrogen) atoms. The van der Waals surface area contributed by atoms with E-state index in [1.807, 2.05) is 0 Å². The van der Waals surface area contributed by atoms with Crippen molar-refractivity contribution in [3.05, 3.63) is 0 Å². The second-order valence-electron chi connectivity index (χ2n) is 4.64. The van der Waals surface area contributed by atoms with Gasteiger partial charge < -0.3 is 10.6 Å². The van der Waals surface area contributed by atoms with E-state index in [1.165, 1.54) is 0 Å². The van der Waals surface area contributed by atoms with Gasteiger partial charge in [0.05, 0.1) is 11.8 Å². The molecule has 1 atom stereocenters. The highest BCUT2D eigenvalue weighted by Crippen LogP contribution is 2.04. The molecular weight excluding hydrogens is 230 g/mol. The van der Waals surface area contributed by atoms with Crippen molar-refractivity contribution in [1.82, 2.24) is 10.6 Å². The smallest absolute Gasteiger partial charge is 0.265 e. The molecule has 102 valence electrons. The van der Waals surface area contributed by atoms with Gasteiger partial charge in [0, 0.05) is 13.1 Å². The first-order chi connectivity index (χ1) is 8.65. The number of likely N-dealkylation sites (N-methyl/N-ethyl adjacent to an activating group) is 1. The molecule has 1 amide bonds. The lowest BCUT2D eigenvalue weighted by atomic mass is 10.1. The van der Waals surface area contributed by atoms with Gasteiger partial charge in [-0.1, -0.05) is 0 Å². The Kier molecular flexibility index (Phi) is 6.57. The molecule has 1 heterocycles. The molecule has 1 unspecified atom stereocenters. The standard InChI is InChI=1S/C13H23N3O2/c1-10(17)11(14-2)6-3-4-8-16-13(18)12-7-5-9-15-12/h11,14H,3-9H2,1-2H3,(H,16,18). The summed E-state index contributed by atoms with van der Waals surface area (Å²) in [6, 6.07) is -0.0556. The van der Waals surface area contributed by atoms with E-state index in [9.17, 15) is 9.59 Å². The lowest BCUT2D eigenvalue weighted by Crippen LogP contribution is -2.33. The minimum Gasteiger partial charge on any atom is -0.351 e. The van der Waals surface area contributed by atoms with E-state index in [-0.39, 0.29) is 17.7 Å². The molecule has 1 rings (SSSR count). The number of ketones is 1. The maximum absolute atomic E-state index is 11.6.